The second-order valence-corrected chi connectivity index (χ2v) is 17.5. The molecule has 11 rings (SSSR count). The van der Waals surface area contributed by atoms with Gasteiger partial charge < -0.3 is 19.9 Å². The molecular weight excluding hydrogens is 1030 g/mol. The van der Waals surface area contributed by atoms with Crippen LogP contribution in [0, 0.1) is 0 Å². The number of esters is 2. The number of amides is 2. The zero-order valence-electron chi connectivity index (χ0n) is 44.4. The lowest BCUT2D eigenvalue weighted by Gasteiger charge is -2.20. The number of rotatable bonds is 13. The van der Waals surface area contributed by atoms with E-state index in [1.807, 2.05) is 142 Å². The number of aromatic nitrogens is 9. The van der Waals surface area contributed by atoms with E-state index in [0.717, 1.165) is 34.4 Å². The molecule has 81 heavy (non-hydrogen) atoms. The van der Waals surface area contributed by atoms with Gasteiger partial charge in [0.2, 0.25) is 0 Å². The molecule has 8 aromatic carbocycles. The second kappa shape index (κ2) is 27.9. The lowest BCUT2D eigenvalue weighted by atomic mass is 10.2. The summed E-state index contributed by atoms with van der Waals surface area (Å²) in [5.41, 5.74) is 9.70. The third kappa shape index (κ3) is 14.8. The lowest BCUT2D eigenvalue weighted by molar-refractivity contribution is 0.0464. The van der Waals surface area contributed by atoms with Crippen LogP contribution in [0.1, 0.15) is 63.0 Å². The molecule has 0 bridgehead atoms. The minimum Gasteiger partial charge on any atom is -0.478 e. The maximum atomic E-state index is 13.0. The van der Waals surface area contributed by atoms with Gasteiger partial charge in [-0.25, -0.2) is 24.0 Å². The Hall–Kier alpha value is -10.9. The first kappa shape index (κ1) is 56.3. The number of hydrogen-bond acceptors (Lipinski definition) is 14. The van der Waals surface area contributed by atoms with Crippen molar-refractivity contribution in [2.24, 2.45) is 0 Å². The predicted molar refractivity (Wildman–Crippen MR) is 308 cm³/mol. The smallest absolute Gasteiger partial charge is 0.351 e. The van der Waals surface area contributed by atoms with Crippen LogP contribution in [0.5, 0.6) is 0 Å². The van der Waals surface area contributed by atoms with Gasteiger partial charge in [0, 0.05) is 36.7 Å². The van der Waals surface area contributed by atoms with Crippen LogP contribution in [0.3, 0.4) is 0 Å². The maximum Gasteiger partial charge on any atom is 0.351 e. The van der Waals surface area contributed by atoms with Gasteiger partial charge in [0.1, 0.15) is 35.3 Å². The SMILES string of the molecule is CCN(C(=O)n1nnc2ccccc21)c1ccc(C(=O)O)cc1.CCN(C(=O)n1nnc2ccccc21)c1ccc(C(=O)OCc2ccccc2)cc1.CCNc1ccc(C(=O)OCc2ccccc2)cc1.c1ccc2n[nH]nc2c1. The Morgan fingerprint density at radius 1 is 0.469 bits per heavy atom. The minimum atomic E-state index is -1.01. The largest absolute Gasteiger partial charge is 0.478 e. The van der Waals surface area contributed by atoms with Crippen molar-refractivity contribution < 1.29 is 38.6 Å². The number of aromatic amines is 1. The van der Waals surface area contributed by atoms with Gasteiger partial charge in [-0.15, -0.1) is 10.2 Å². The molecule has 20 nitrogen and oxygen atoms in total. The number of nitrogens with zero attached hydrogens (tertiary/aromatic N) is 10. The predicted octanol–water partition coefficient (Wildman–Crippen LogP) is 11.3. The Bertz CT molecular complexity index is 3800. The second-order valence-electron chi connectivity index (χ2n) is 17.5. The number of carbonyl (C=O) groups is 5. The van der Waals surface area contributed by atoms with Crippen LogP contribution in [0.4, 0.5) is 26.7 Å². The summed E-state index contributed by atoms with van der Waals surface area (Å²) in [5.74, 6) is -1.72. The number of ether oxygens (including phenoxy) is 2. The van der Waals surface area contributed by atoms with E-state index in [4.69, 9.17) is 14.6 Å². The van der Waals surface area contributed by atoms with Crippen LogP contribution in [0.15, 0.2) is 206 Å². The van der Waals surface area contributed by atoms with Crippen LogP contribution in [-0.2, 0) is 22.7 Å². The normalized spacial score (nSPS) is 10.5. The molecule has 408 valence electrons. The van der Waals surface area contributed by atoms with Crippen molar-refractivity contribution in [1.29, 1.82) is 0 Å². The summed E-state index contributed by atoms with van der Waals surface area (Å²) in [4.78, 5) is 63.9. The molecule has 11 aromatic rings. The van der Waals surface area contributed by atoms with Gasteiger partial charge in [0.15, 0.2) is 0 Å². The molecule has 0 fully saturated rings. The quantitative estimate of drug-likeness (QED) is 0.0909. The fourth-order valence-corrected chi connectivity index (χ4v) is 7.99. The number of nitrogens with one attached hydrogen (secondary N) is 2. The Labute approximate surface area is 465 Å². The fourth-order valence-electron chi connectivity index (χ4n) is 7.99. The van der Waals surface area contributed by atoms with Crippen molar-refractivity contribution in [2.75, 3.05) is 34.8 Å². The van der Waals surface area contributed by atoms with Crippen LogP contribution in [0.25, 0.3) is 33.1 Å². The standard InChI is InChI=1S/C23H20N4O3.C16H14N4O3.C16H17NO2.C6H5N3/c1-2-26(23(29)27-21-11-7-6-10-20(21)24-25-27)19-14-12-18(13-15-19)22(28)30-16-17-8-4-3-5-9-17;1-2-19(12-9-7-11(8-10-12)15(21)22)16(23)20-14-6-4-3-5-13(14)17-18-20;1-2-17-15-10-8-14(9-11-15)16(18)19-12-13-6-4-3-5-7-13;1-2-4-6-5(3-1)7-9-8-6/h3-15H,2,16H2,1H3;3-10H,2H2,1H3,(H,21,22);3-11,17H,2,12H2,1H3;1-4H,(H,7,8,9). The number of benzene rings is 8. The molecule has 0 unspecified atom stereocenters. The summed E-state index contributed by atoms with van der Waals surface area (Å²) < 4.78 is 13.1. The van der Waals surface area contributed by atoms with Crippen molar-refractivity contribution in [3.8, 4) is 0 Å². The van der Waals surface area contributed by atoms with Gasteiger partial charge in [-0.2, -0.15) is 24.8 Å². The Balaban J connectivity index is 0.000000151. The summed E-state index contributed by atoms with van der Waals surface area (Å²) in [5, 5.41) is 38.3. The van der Waals surface area contributed by atoms with Crippen molar-refractivity contribution in [3.63, 3.8) is 0 Å². The molecule has 0 aliphatic carbocycles. The van der Waals surface area contributed by atoms with Gasteiger partial charge in [0.05, 0.1) is 27.7 Å². The highest BCUT2D eigenvalue weighted by molar-refractivity contribution is 6.00. The van der Waals surface area contributed by atoms with Gasteiger partial charge in [-0.05, 0) is 141 Å². The molecule has 0 saturated carbocycles. The summed E-state index contributed by atoms with van der Waals surface area (Å²) in [6.07, 6.45) is 0. The first-order chi connectivity index (χ1) is 39.5. The first-order valence-corrected chi connectivity index (χ1v) is 25.7. The number of fused-ring (bicyclic) bond motifs is 3. The number of para-hydroxylation sites is 4. The van der Waals surface area contributed by atoms with Gasteiger partial charge in [0.25, 0.3) is 0 Å². The highest BCUT2D eigenvalue weighted by atomic mass is 16.5. The Morgan fingerprint density at radius 3 is 1.23 bits per heavy atom. The van der Waals surface area contributed by atoms with Gasteiger partial charge in [-0.1, -0.05) is 107 Å². The van der Waals surface area contributed by atoms with Crippen LogP contribution < -0.4 is 15.1 Å². The molecule has 0 radical (unpaired) electrons. The molecule has 0 aliphatic rings. The van der Waals surface area contributed by atoms with Crippen molar-refractivity contribution in [1.82, 2.24) is 45.4 Å². The molecular formula is C61H56N12O8. The maximum absolute atomic E-state index is 13.0. The van der Waals surface area contributed by atoms with Gasteiger partial charge in [-0.3, -0.25) is 9.80 Å². The van der Waals surface area contributed by atoms with E-state index in [1.54, 1.807) is 77.7 Å². The van der Waals surface area contributed by atoms with E-state index in [-0.39, 0.29) is 30.2 Å². The van der Waals surface area contributed by atoms with Crippen LogP contribution in [0.2, 0.25) is 0 Å². The summed E-state index contributed by atoms with van der Waals surface area (Å²) in [7, 11) is 0. The van der Waals surface area contributed by atoms with E-state index in [2.05, 4.69) is 41.4 Å². The van der Waals surface area contributed by atoms with E-state index in [1.165, 1.54) is 26.4 Å². The van der Waals surface area contributed by atoms with Crippen molar-refractivity contribution in [2.45, 2.75) is 34.0 Å². The number of carboxylic acid groups (broad SMARTS) is 1. The first-order valence-electron chi connectivity index (χ1n) is 25.7. The number of aromatic carboxylic acids is 1. The molecule has 20 heteroatoms. The molecule has 0 atom stereocenters. The van der Waals surface area contributed by atoms with Crippen molar-refractivity contribution >= 4 is 80.1 Å². The topological polar surface area (TPSA) is 246 Å². The monoisotopic (exact) mass is 1080 g/mol. The van der Waals surface area contributed by atoms with E-state index >= 15 is 0 Å². The summed E-state index contributed by atoms with van der Waals surface area (Å²) in [6, 6.07) is 60.8. The minimum absolute atomic E-state index is 0.170. The molecule has 3 N–H and O–H groups in total. The van der Waals surface area contributed by atoms with Crippen LogP contribution >= 0.6 is 0 Å². The number of carboxylic acids is 1. The average molecular weight is 1090 g/mol. The molecule has 0 aliphatic heterocycles. The van der Waals surface area contributed by atoms with E-state index in [9.17, 15) is 24.0 Å². The Kier molecular flexibility index (Phi) is 19.4. The number of hydrogen-bond donors (Lipinski definition) is 3. The highest BCUT2D eigenvalue weighted by Gasteiger charge is 2.22. The molecule has 2 amide bonds. The number of H-pyrrole nitrogens is 1. The third-order valence-corrected chi connectivity index (χ3v) is 12.2. The summed E-state index contributed by atoms with van der Waals surface area (Å²) >= 11 is 0. The number of carbonyl (C=O) groups excluding carboxylic acids is 4. The van der Waals surface area contributed by atoms with E-state index < -0.39 is 11.9 Å². The molecule has 3 heterocycles. The van der Waals surface area contributed by atoms with E-state index in [0.29, 0.717) is 64.3 Å². The summed E-state index contributed by atoms with van der Waals surface area (Å²) in [6.45, 7) is 7.96. The third-order valence-electron chi connectivity index (χ3n) is 12.2. The van der Waals surface area contributed by atoms with Crippen LogP contribution in [-0.4, -0.2) is 100 Å². The number of anilines is 3. The molecule has 0 spiro atoms. The average Bonchev–Trinajstić information content (AvgIpc) is 4.46. The Morgan fingerprint density at radius 2 is 0.840 bits per heavy atom. The zero-order valence-corrected chi connectivity index (χ0v) is 44.4. The van der Waals surface area contributed by atoms with Gasteiger partial charge >= 0.3 is 30.0 Å². The lowest BCUT2D eigenvalue weighted by Crippen LogP contribution is -2.35. The zero-order chi connectivity index (χ0) is 56.9. The highest BCUT2D eigenvalue weighted by Crippen LogP contribution is 2.21. The van der Waals surface area contributed by atoms with Crippen molar-refractivity contribution in [3.05, 3.63) is 234 Å². The fraction of sp³-hybridized carbons (Fsp3) is 0.131. The molecule has 3 aromatic heterocycles. The molecule has 0 saturated heterocycles.